The minimum Gasteiger partial charge on any atom is -1.00 e. The maximum atomic E-state index is 5.76. The molecule has 0 fully saturated rings. The molecule has 0 aliphatic heterocycles. The third-order valence-electron chi connectivity index (χ3n) is 4.37. The first kappa shape index (κ1) is 32.8. The number of halogens is 2. The number of hydrogen-bond donors (Lipinski definition) is 0. The van der Waals surface area contributed by atoms with Gasteiger partial charge in [0.05, 0.1) is 11.4 Å². The molecule has 0 aliphatic rings. The van der Waals surface area contributed by atoms with Gasteiger partial charge in [-0.15, -0.1) is 0 Å². The van der Waals surface area contributed by atoms with Crippen molar-refractivity contribution >= 4 is 12.2 Å². The Morgan fingerprint density at radius 2 is 1.23 bits per heavy atom. The molecule has 0 N–H and O–H groups in total. The van der Waals surface area contributed by atoms with Crippen LogP contribution in [0.15, 0.2) is 60.9 Å². The van der Waals surface area contributed by atoms with Crippen LogP contribution in [0.5, 0.6) is 11.5 Å². The average molecular weight is 573 g/mol. The Labute approximate surface area is 228 Å². The summed E-state index contributed by atoms with van der Waals surface area (Å²) in [5.41, 5.74) is 3.46. The van der Waals surface area contributed by atoms with Crippen molar-refractivity contribution in [1.82, 2.24) is 9.97 Å². The van der Waals surface area contributed by atoms with Gasteiger partial charge in [-0.25, -0.2) is 0 Å². The first-order valence-corrected chi connectivity index (χ1v) is 9.81. The molecule has 0 spiro atoms. The second kappa shape index (κ2) is 17.3. The molecule has 0 saturated heterocycles. The monoisotopic (exact) mass is 571 g/mol. The van der Waals surface area contributed by atoms with Crippen LogP contribution in [0.25, 0.3) is 23.5 Å². The summed E-state index contributed by atoms with van der Waals surface area (Å²) in [7, 11) is 5.92. The molecule has 0 bridgehead atoms. The average Bonchev–Trinajstić information content (AvgIpc) is 2.86. The molecule has 1 aromatic carbocycles. The maximum Gasteiger partial charge on any atom is 2.00 e. The summed E-state index contributed by atoms with van der Waals surface area (Å²) in [4.78, 5) is 8.80. The number of benzene rings is 1. The van der Waals surface area contributed by atoms with E-state index in [1.807, 2.05) is 48.6 Å². The molecule has 1 radical (unpaired) electrons. The Bertz CT molecular complexity index is 1000. The number of methoxy groups -OCH3 is 4. The van der Waals surface area contributed by atoms with Crippen molar-refractivity contribution in [2.75, 3.05) is 28.4 Å². The molecule has 0 saturated carbocycles. The van der Waals surface area contributed by atoms with Crippen molar-refractivity contribution in [3.63, 3.8) is 0 Å². The van der Waals surface area contributed by atoms with E-state index in [4.69, 9.17) is 28.4 Å². The van der Waals surface area contributed by atoms with Crippen molar-refractivity contribution in [3.8, 4) is 22.9 Å². The molecule has 2 heterocycles. The number of nitrogens with zero attached hydrogens (tertiary/aromatic N) is 2. The van der Waals surface area contributed by atoms with Crippen molar-refractivity contribution in [3.05, 3.63) is 72.1 Å². The maximum absolute atomic E-state index is 5.76. The van der Waals surface area contributed by atoms with Gasteiger partial charge in [-0.2, -0.15) is 0 Å². The van der Waals surface area contributed by atoms with Crippen LogP contribution in [0, 0.1) is 0 Å². The number of ether oxygens (including phenoxy) is 6. The molecule has 3 aromatic rings. The molecule has 0 atom stereocenters. The van der Waals surface area contributed by atoms with E-state index in [0.717, 1.165) is 22.5 Å². The third-order valence-corrected chi connectivity index (χ3v) is 4.37. The van der Waals surface area contributed by atoms with Crippen LogP contribution in [0.3, 0.4) is 0 Å². The molecule has 0 aliphatic carbocycles. The van der Waals surface area contributed by atoms with E-state index < -0.39 is 13.0 Å². The summed E-state index contributed by atoms with van der Waals surface area (Å²) in [5.74, 6) is 0.819. The Morgan fingerprint density at radius 1 is 0.657 bits per heavy atom. The van der Waals surface area contributed by atoms with Gasteiger partial charge in [0, 0.05) is 40.8 Å². The van der Waals surface area contributed by atoms with Gasteiger partial charge in [0.1, 0.15) is 0 Å². The Morgan fingerprint density at radius 3 is 1.77 bits per heavy atom. The molecule has 11 heteroatoms. The van der Waals surface area contributed by atoms with Crippen LogP contribution in [0.2, 0.25) is 0 Å². The first-order valence-electron chi connectivity index (χ1n) is 9.81. The van der Waals surface area contributed by atoms with Crippen molar-refractivity contribution < 1.29 is 70.3 Å². The van der Waals surface area contributed by atoms with E-state index in [-0.39, 0.29) is 41.9 Å². The fourth-order valence-corrected chi connectivity index (χ4v) is 2.77. The summed E-state index contributed by atoms with van der Waals surface area (Å²) >= 11 is 0. The molecular weight excluding hydrogens is 547 g/mol. The van der Waals surface area contributed by atoms with Crippen molar-refractivity contribution in [2.24, 2.45) is 0 Å². The Hall–Kier alpha value is -2.20. The van der Waals surface area contributed by atoms with Crippen LogP contribution in [-0.4, -0.2) is 51.4 Å². The topological polar surface area (TPSA) is 81.2 Å². The number of pyridine rings is 2. The number of rotatable bonds is 11. The second-order valence-corrected chi connectivity index (χ2v) is 6.49. The van der Waals surface area contributed by atoms with Crippen LogP contribution in [0.1, 0.15) is 11.1 Å². The van der Waals surface area contributed by atoms with Gasteiger partial charge >= 0.3 is 30.0 Å². The molecule has 0 amide bonds. The minimum atomic E-state index is -0.900. The van der Waals surface area contributed by atoms with E-state index in [2.05, 4.69) is 9.97 Å². The SMILES string of the molecule is COC(OC)Oc1ccc(/C=C/c2ccc(-c3ccccn3)nc2)cc1OC(OC)OC.[Cl-].[Cl-].[Cu+2]. The van der Waals surface area contributed by atoms with E-state index in [1.54, 1.807) is 24.5 Å². The van der Waals surface area contributed by atoms with Gasteiger partial charge in [-0.1, -0.05) is 30.4 Å². The van der Waals surface area contributed by atoms with E-state index in [9.17, 15) is 0 Å². The van der Waals surface area contributed by atoms with Gasteiger partial charge in [-0.05, 0) is 41.5 Å². The second-order valence-electron chi connectivity index (χ2n) is 6.49. The van der Waals surface area contributed by atoms with Crippen LogP contribution < -0.4 is 34.3 Å². The zero-order valence-electron chi connectivity index (χ0n) is 19.5. The molecule has 0 unspecified atom stereocenters. The third kappa shape index (κ3) is 9.76. The molecule has 193 valence electrons. The fourth-order valence-electron chi connectivity index (χ4n) is 2.77. The minimum absolute atomic E-state index is 0. The van der Waals surface area contributed by atoms with Crippen LogP contribution in [0.4, 0.5) is 0 Å². The van der Waals surface area contributed by atoms with Gasteiger partial charge < -0.3 is 53.2 Å². The van der Waals surface area contributed by atoms with Crippen molar-refractivity contribution in [1.29, 1.82) is 0 Å². The van der Waals surface area contributed by atoms with Gasteiger partial charge in [0.2, 0.25) is 0 Å². The summed E-state index contributed by atoms with van der Waals surface area (Å²) in [6.07, 6.45) is 7.43. The largest absolute Gasteiger partial charge is 2.00 e. The molecule has 8 nitrogen and oxygen atoms in total. The molecule has 35 heavy (non-hydrogen) atoms. The predicted molar refractivity (Wildman–Crippen MR) is 120 cm³/mol. The number of hydrogen-bond acceptors (Lipinski definition) is 8. The zero-order valence-corrected chi connectivity index (χ0v) is 21.9. The standard InChI is InChI=1S/C24H26N2O6.2ClH.Cu/c1-27-23(28-2)31-21-13-11-17(15-22(21)32-24(29-3)30-4)8-9-18-10-12-20(26-16-18)19-7-5-6-14-25-19;;;/h5-16,23-24H,1-4H3;2*1H;/q;;;+2/p-2/b9-8+;;;. The normalized spacial score (nSPS) is 10.5. The Balaban J connectivity index is 0.00000385. The Kier molecular flexibility index (Phi) is 16.2. The predicted octanol–water partition coefficient (Wildman–Crippen LogP) is -1.77. The quantitative estimate of drug-likeness (QED) is 0.197. The summed E-state index contributed by atoms with van der Waals surface area (Å²) in [6.45, 7) is -1.78. The van der Waals surface area contributed by atoms with Crippen LogP contribution >= 0.6 is 0 Å². The summed E-state index contributed by atoms with van der Waals surface area (Å²) in [5, 5.41) is 0. The van der Waals surface area contributed by atoms with Gasteiger partial charge in [0.25, 0.3) is 0 Å². The molecule has 2 aromatic heterocycles. The van der Waals surface area contributed by atoms with Crippen LogP contribution in [-0.2, 0) is 36.0 Å². The summed E-state index contributed by atoms with van der Waals surface area (Å²) in [6, 6.07) is 15.1. The van der Waals surface area contributed by atoms with Gasteiger partial charge in [0.15, 0.2) is 11.5 Å². The van der Waals surface area contributed by atoms with Gasteiger partial charge in [-0.3, -0.25) is 9.97 Å². The smallest absolute Gasteiger partial charge is 1.00 e. The first-order chi connectivity index (χ1) is 15.7. The number of aromatic nitrogens is 2. The van der Waals surface area contributed by atoms with E-state index >= 15 is 0 Å². The fraction of sp³-hybridized carbons (Fsp3) is 0.250. The summed E-state index contributed by atoms with van der Waals surface area (Å²) < 4.78 is 31.9. The zero-order chi connectivity index (χ0) is 22.8. The van der Waals surface area contributed by atoms with Crippen molar-refractivity contribution in [2.45, 2.75) is 13.0 Å². The molecular formula is C24H26Cl2CuN2O6. The molecule has 3 rings (SSSR count). The van der Waals surface area contributed by atoms with E-state index in [1.165, 1.54) is 28.4 Å². The van der Waals surface area contributed by atoms with E-state index in [0.29, 0.717) is 11.5 Å².